The number of rotatable bonds is 3. The summed E-state index contributed by atoms with van der Waals surface area (Å²) >= 11 is 0. The van der Waals surface area contributed by atoms with Crippen LogP contribution in [0.4, 0.5) is 13.2 Å². The summed E-state index contributed by atoms with van der Waals surface area (Å²) in [5, 5.41) is 3.21. The van der Waals surface area contributed by atoms with Crippen molar-refractivity contribution in [3.8, 4) is 5.75 Å². The van der Waals surface area contributed by atoms with Crippen LogP contribution in [-0.2, 0) is 9.53 Å². The maximum Gasteiger partial charge on any atom is 0.491 e. The van der Waals surface area contributed by atoms with E-state index in [4.69, 9.17) is 4.74 Å². The number of halogens is 3. The summed E-state index contributed by atoms with van der Waals surface area (Å²) < 4.78 is 47.4. The third-order valence-corrected chi connectivity index (χ3v) is 4.19. The van der Waals surface area contributed by atoms with Crippen LogP contribution in [0.2, 0.25) is 0 Å². The second-order valence-electron chi connectivity index (χ2n) is 5.75. The lowest BCUT2D eigenvalue weighted by molar-refractivity contribution is -0.189. The zero-order valence-electron chi connectivity index (χ0n) is 12.4. The monoisotopic (exact) mass is 330 g/mol. The number of nitrogens with zero attached hydrogens (tertiary/aromatic N) is 1. The normalized spacial score (nSPS) is 20.1. The summed E-state index contributed by atoms with van der Waals surface area (Å²) in [4.78, 5) is 15.6. The molecule has 0 spiro atoms. The minimum atomic E-state index is -5.02. The Bertz CT molecular complexity index is 582. The van der Waals surface area contributed by atoms with Crippen LogP contribution in [0, 0.1) is 0 Å². The number of carbonyl (C=O) groups is 1. The first-order chi connectivity index (χ1) is 11.0. The fourth-order valence-electron chi connectivity index (χ4n) is 2.96. The first-order valence-corrected chi connectivity index (χ1v) is 7.53. The van der Waals surface area contributed by atoms with Gasteiger partial charge in [0.2, 0.25) is 0 Å². The smallest absolute Gasteiger partial charge is 0.419 e. The van der Waals surface area contributed by atoms with Crippen molar-refractivity contribution in [1.29, 1.82) is 0 Å². The lowest BCUT2D eigenvalue weighted by atomic mass is 9.84. The van der Waals surface area contributed by atoms with Crippen molar-refractivity contribution < 1.29 is 27.4 Å². The van der Waals surface area contributed by atoms with E-state index < -0.39 is 12.1 Å². The topological polar surface area (TPSA) is 60.5 Å². The van der Waals surface area contributed by atoms with E-state index in [2.05, 4.69) is 15.0 Å². The van der Waals surface area contributed by atoms with E-state index in [1.807, 2.05) is 0 Å². The molecule has 0 amide bonds. The first kappa shape index (κ1) is 16.2. The molecule has 8 heteroatoms. The summed E-state index contributed by atoms with van der Waals surface area (Å²) in [5.41, 5.74) is 1.32. The molecule has 0 saturated carbocycles. The summed E-state index contributed by atoms with van der Waals surface area (Å²) in [6.07, 6.45) is -2.10. The Hall–Kier alpha value is -1.67. The van der Waals surface area contributed by atoms with Crippen LogP contribution < -0.4 is 10.1 Å². The number of esters is 1. The molecule has 0 aliphatic carbocycles. The average Bonchev–Trinajstić information content (AvgIpc) is 2.45. The van der Waals surface area contributed by atoms with E-state index in [-0.39, 0.29) is 17.6 Å². The zero-order valence-corrected chi connectivity index (χ0v) is 12.4. The first-order valence-electron chi connectivity index (χ1n) is 7.53. The summed E-state index contributed by atoms with van der Waals surface area (Å²) in [6.45, 7) is 2.52. The molecule has 0 bridgehead atoms. The molecule has 2 saturated heterocycles. The zero-order chi connectivity index (χ0) is 16.4. The molecule has 2 aliphatic heterocycles. The van der Waals surface area contributed by atoms with Crippen molar-refractivity contribution in [3.63, 3.8) is 0 Å². The molecule has 0 unspecified atom stereocenters. The van der Waals surface area contributed by atoms with Gasteiger partial charge in [-0.15, -0.1) is 0 Å². The number of nitrogens with one attached hydrogen (secondary N) is 1. The molecule has 5 nitrogen and oxygen atoms in total. The summed E-state index contributed by atoms with van der Waals surface area (Å²) in [7, 11) is 0. The Morgan fingerprint density at radius 2 is 1.96 bits per heavy atom. The molecule has 0 atom stereocenters. The van der Waals surface area contributed by atoms with E-state index in [0.717, 1.165) is 25.9 Å². The molecule has 126 valence electrons. The molecule has 0 radical (unpaired) electrons. The number of carbonyl (C=O) groups excluding carboxylic acids is 1. The molecule has 2 aliphatic rings. The summed E-state index contributed by atoms with van der Waals surface area (Å²) in [5.74, 6) is -2.16. The maximum atomic E-state index is 12.5. The number of ether oxygens (including phenoxy) is 2. The van der Waals surface area contributed by atoms with Crippen LogP contribution in [0.1, 0.15) is 35.9 Å². The van der Waals surface area contributed by atoms with E-state index in [1.165, 1.54) is 12.3 Å². The van der Waals surface area contributed by atoms with Crippen LogP contribution in [0.5, 0.6) is 5.75 Å². The SMILES string of the molecule is O=C(Oc1ccnc(C2COC2)c1C1CCNCC1)C(F)(F)F. The van der Waals surface area contributed by atoms with Crippen molar-refractivity contribution in [2.24, 2.45) is 0 Å². The minimum Gasteiger partial charge on any atom is -0.419 e. The second-order valence-corrected chi connectivity index (χ2v) is 5.75. The largest absolute Gasteiger partial charge is 0.491 e. The van der Waals surface area contributed by atoms with Gasteiger partial charge in [0.05, 0.1) is 18.9 Å². The molecule has 3 heterocycles. The highest BCUT2D eigenvalue weighted by atomic mass is 19.4. The van der Waals surface area contributed by atoms with Crippen molar-refractivity contribution in [2.75, 3.05) is 26.3 Å². The number of pyridine rings is 1. The Morgan fingerprint density at radius 3 is 2.52 bits per heavy atom. The van der Waals surface area contributed by atoms with E-state index in [9.17, 15) is 18.0 Å². The fourth-order valence-corrected chi connectivity index (χ4v) is 2.96. The lowest BCUT2D eigenvalue weighted by Gasteiger charge is -2.32. The molecule has 23 heavy (non-hydrogen) atoms. The van der Waals surface area contributed by atoms with Gasteiger partial charge in [0.15, 0.2) is 0 Å². The van der Waals surface area contributed by atoms with Gasteiger partial charge in [-0.1, -0.05) is 0 Å². The van der Waals surface area contributed by atoms with Gasteiger partial charge in [-0.05, 0) is 37.9 Å². The third kappa shape index (κ3) is 3.48. The van der Waals surface area contributed by atoms with Crippen LogP contribution in [0.25, 0.3) is 0 Å². The van der Waals surface area contributed by atoms with Crippen molar-refractivity contribution in [2.45, 2.75) is 30.9 Å². The minimum absolute atomic E-state index is 0.0246. The van der Waals surface area contributed by atoms with Crippen LogP contribution >= 0.6 is 0 Å². The van der Waals surface area contributed by atoms with Gasteiger partial charge in [0.1, 0.15) is 5.75 Å². The van der Waals surface area contributed by atoms with Gasteiger partial charge in [-0.3, -0.25) is 4.98 Å². The maximum absolute atomic E-state index is 12.5. The lowest BCUT2D eigenvalue weighted by Crippen LogP contribution is -2.32. The number of hydrogen-bond acceptors (Lipinski definition) is 5. The average molecular weight is 330 g/mol. The molecule has 1 aromatic heterocycles. The van der Waals surface area contributed by atoms with Gasteiger partial charge in [-0.2, -0.15) is 13.2 Å². The third-order valence-electron chi connectivity index (χ3n) is 4.19. The van der Waals surface area contributed by atoms with E-state index in [1.54, 1.807) is 0 Å². The van der Waals surface area contributed by atoms with Gasteiger partial charge in [0, 0.05) is 17.7 Å². The molecule has 0 aromatic carbocycles. The predicted octanol–water partition coefficient (Wildman–Crippen LogP) is 2.13. The highest BCUT2D eigenvalue weighted by Crippen LogP contribution is 2.39. The Kier molecular flexibility index (Phi) is 4.54. The summed E-state index contributed by atoms with van der Waals surface area (Å²) in [6, 6.07) is 1.34. The number of alkyl halides is 3. The second kappa shape index (κ2) is 6.45. The molecule has 1 aromatic rings. The van der Waals surface area contributed by atoms with Crippen molar-refractivity contribution in [3.05, 3.63) is 23.5 Å². The Morgan fingerprint density at radius 1 is 1.26 bits per heavy atom. The Labute approximate surface area is 131 Å². The van der Waals surface area contributed by atoms with Crippen LogP contribution in [-0.4, -0.2) is 43.4 Å². The van der Waals surface area contributed by atoms with E-state index >= 15 is 0 Å². The van der Waals surface area contributed by atoms with Gasteiger partial charge in [0.25, 0.3) is 0 Å². The van der Waals surface area contributed by atoms with Gasteiger partial charge in [-0.25, -0.2) is 4.79 Å². The fraction of sp³-hybridized carbons (Fsp3) is 0.600. The number of piperidine rings is 1. The predicted molar refractivity (Wildman–Crippen MR) is 74.3 cm³/mol. The Balaban J connectivity index is 1.95. The highest BCUT2D eigenvalue weighted by molar-refractivity contribution is 5.78. The van der Waals surface area contributed by atoms with Crippen molar-refractivity contribution >= 4 is 5.97 Å². The van der Waals surface area contributed by atoms with Gasteiger partial charge < -0.3 is 14.8 Å². The van der Waals surface area contributed by atoms with E-state index in [0.29, 0.717) is 24.5 Å². The molecular formula is C15H17F3N2O3. The van der Waals surface area contributed by atoms with Crippen LogP contribution in [0.3, 0.4) is 0 Å². The molecule has 1 N–H and O–H groups in total. The van der Waals surface area contributed by atoms with Crippen molar-refractivity contribution in [1.82, 2.24) is 10.3 Å². The van der Waals surface area contributed by atoms with Crippen LogP contribution in [0.15, 0.2) is 12.3 Å². The quantitative estimate of drug-likeness (QED) is 0.861. The standard InChI is InChI=1S/C15H17F3N2O3/c16-15(17,18)14(21)23-11-3-6-20-13(10-7-22-8-10)12(11)9-1-4-19-5-2-9/h3,6,9-10,19H,1-2,4-5,7-8H2. The van der Waals surface area contributed by atoms with Gasteiger partial charge >= 0.3 is 12.1 Å². The molecule has 2 fully saturated rings. The number of hydrogen-bond donors (Lipinski definition) is 1. The molecular weight excluding hydrogens is 313 g/mol. The highest BCUT2D eigenvalue weighted by Gasteiger charge is 2.42. The molecule has 3 rings (SSSR count). The number of aromatic nitrogens is 1.